The highest BCUT2D eigenvalue weighted by Crippen LogP contribution is 2.56. The van der Waals surface area contributed by atoms with Crippen molar-refractivity contribution in [3.05, 3.63) is 66.0 Å². The fraction of sp³-hybridized carbons (Fsp3) is 0.267. The molecule has 1 aliphatic rings. The van der Waals surface area contributed by atoms with Crippen LogP contribution in [-0.4, -0.2) is 4.98 Å². The van der Waals surface area contributed by atoms with Crippen molar-refractivity contribution < 1.29 is 0 Å². The summed E-state index contributed by atoms with van der Waals surface area (Å²) in [6.07, 6.45) is 6.02. The van der Waals surface area contributed by atoms with Gasteiger partial charge in [0.15, 0.2) is 0 Å². The van der Waals surface area contributed by atoms with E-state index in [0.717, 1.165) is 5.56 Å². The zero-order valence-corrected chi connectivity index (χ0v) is 10.2. The third-order valence-corrected chi connectivity index (χ3v) is 3.87. The minimum Gasteiger partial charge on any atom is -0.271 e. The molecule has 0 amide bonds. The van der Waals surface area contributed by atoms with Crippen LogP contribution in [0.2, 0.25) is 0 Å². The van der Waals surface area contributed by atoms with Crippen LogP contribution in [0, 0.1) is 0 Å². The van der Waals surface area contributed by atoms with Crippen LogP contribution >= 0.6 is 0 Å². The number of aromatic nitrogens is 1. The van der Waals surface area contributed by atoms with E-state index >= 15 is 0 Å². The molecule has 0 aliphatic heterocycles. The van der Waals surface area contributed by atoms with E-state index in [1.165, 1.54) is 18.4 Å². The van der Waals surface area contributed by atoms with E-state index in [4.69, 9.17) is 5.84 Å². The molecule has 3 rings (SSSR count). The lowest BCUT2D eigenvalue weighted by atomic mass is 9.85. The number of nitrogens with one attached hydrogen (secondary N) is 1. The first-order valence-corrected chi connectivity index (χ1v) is 6.28. The first-order valence-electron chi connectivity index (χ1n) is 6.28. The van der Waals surface area contributed by atoms with E-state index in [0.29, 0.717) is 0 Å². The van der Waals surface area contributed by atoms with Gasteiger partial charge in [-0.2, -0.15) is 0 Å². The summed E-state index contributed by atoms with van der Waals surface area (Å²) in [5, 5.41) is 0. The van der Waals surface area contributed by atoms with E-state index < -0.39 is 0 Å². The molecule has 0 bridgehead atoms. The fourth-order valence-electron chi connectivity index (χ4n) is 2.77. The van der Waals surface area contributed by atoms with Crippen molar-refractivity contribution in [2.75, 3.05) is 0 Å². The summed E-state index contributed by atoms with van der Waals surface area (Å²) in [5.41, 5.74) is 5.63. The maximum Gasteiger partial charge on any atom is 0.0571 e. The summed E-state index contributed by atoms with van der Waals surface area (Å²) in [4.78, 5) is 4.19. The van der Waals surface area contributed by atoms with Crippen LogP contribution in [0.1, 0.15) is 30.0 Å². The number of nitrogens with two attached hydrogens (primary N) is 1. The molecule has 18 heavy (non-hydrogen) atoms. The number of benzene rings is 1. The third-order valence-electron chi connectivity index (χ3n) is 3.87. The van der Waals surface area contributed by atoms with Crippen molar-refractivity contribution >= 4 is 0 Å². The molecule has 1 atom stereocenters. The van der Waals surface area contributed by atoms with Crippen LogP contribution in [-0.2, 0) is 5.41 Å². The zero-order chi connectivity index (χ0) is 12.4. The van der Waals surface area contributed by atoms with Crippen molar-refractivity contribution in [3.63, 3.8) is 0 Å². The van der Waals surface area contributed by atoms with E-state index in [2.05, 4.69) is 46.8 Å². The first kappa shape index (κ1) is 11.4. The number of pyridine rings is 1. The molecule has 92 valence electrons. The lowest BCUT2D eigenvalue weighted by Gasteiger charge is -2.27. The Morgan fingerprint density at radius 1 is 1.11 bits per heavy atom. The molecule has 1 aromatic carbocycles. The van der Waals surface area contributed by atoms with Crippen LogP contribution in [0.3, 0.4) is 0 Å². The highest BCUT2D eigenvalue weighted by Gasteiger charge is 2.50. The Balaban J connectivity index is 1.98. The van der Waals surface area contributed by atoms with Gasteiger partial charge in [0.2, 0.25) is 0 Å². The van der Waals surface area contributed by atoms with E-state index in [9.17, 15) is 0 Å². The van der Waals surface area contributed by atoms with Crippen molar-refractivity contribution in [2.45, 2.75) is 24.3 Å². The van der Waals surface area contributed by atoms with E-state index in [-0.39, 0.29) is 11.5 Å². The molecular formula is C15H17N3. The molecule has 1 unspecified atom stereocenters. The number of hydrazine groups is 1. The lowest BCUT2D eigenvalue weighted by molar-refractivity contribution is 0.438. The molecule has 3 N–H and O–H groups in total. The maximum absolute atomic E-state index is 5.79. The highest BCUT2D eigenvalue weighted by molar-refractivity contribution is 5.37. The molecule has 2 aromatic rings. The van der Waals surface area contributed by atoms with Crippen LogP contribution in [0.25, 0.3) is 0 Å². The number of rotatable bonds is 4. The van der Waals surface area contributed by atoms with Crippen molar-refractivity contribution in [3.8, 4) is 0 Å². The molecule has 3 nitrogen and oxygen atoms in total. The second-order valence-corrected chi connectivity index (χ2v) is 4.91. The summed E-state index contributed by atoms with van der Waals surface area (Å²) in [6.45, 7) is 0. The minimum atomic E-state index is 0.133. The lowest BCUT2D eigenvalue weighted by Crippen LogP contribution is -2.36. The van der Waals surface area contributed by atoms with Crippen LogP contribution in [0.5, 0.6) is 0 Å². The quantitative estimate of drug-likeness (QED) is 0.636. The Bertz CT molecular complexity index is 506. The summed E-state index contributed by atoms with van der Waals surface area (Å²) >= 11 is 0. The molecule has 1 fully saturated rings. The Morgan fingerprint density at radius 3 is 2.44 bits per heavy atom. The second kappa shape index (κ2) is 4.52. The molecule has 3 heteroatoms. The summed E-state index contributed by atoms with van der Waals surface area (Å²) < 4.78 is 0. The van der Waals surface area contributed by atoms with Gasteiger partial charge in [0.05, 0.1) is 6.04 Å². The van der Waals surface area contributed by atoms with Crippen molar-refractivity contribution in [2.24, 2.45) is 5.84 Å². The van der Waals surface area contributed by atoms with Gasteiger partial charge in [0, 0.05) is 17.8 Å². The van der Waals surface area contributed by atoms with E-state index in [1.807, 2.05) is 12.3 Å². The van der Waals surface area contributed by atoms with Gasteiger partial charge < -0.3 is 0 Å². The Hall–Kier alpha value is -1.71. The van der Waals surface area contributed by atoms with Gasteiger partial charge in [-0.3, -0.25) is 16.3 Å². The fourth-order valence-corrected chi connectivity index (χ4v) is 2.77. The molecule has 1 heterocycles. The molecule has 1 saturated carbocycles. The average Bonchev–Trinajstić information content (AvgIpc) is 3.24. The summed E-state index contributed by atoms with van der Waals surface area (Å²) in [6, 6.07) is 14.8. The Morgan fingerprint density at radius 2 is 1.89 bits per heavy atom. The molecule has 1 aromatic heterocycles. The van der Waals surface area contributed by atoms with Gasteiger partial charge in [-0.1, -0.05) is 36.4 Å². The molecule has 1 aliphatic carbocycles. The predicted molar refractivity (Wildman–Crippen MR) is 71.7 cm³/mol. The van der Waals surface area contributed by atoms with Gasteiger partial charge in [0.25, 0.3) is 0 Å². The van der Waals surface area contributed by atoms with Gasteiger partial charge in [-0.15, -0.1) is 0 Å². The number of nitrogens with zero attached hydrogens (tertiary/aromatic N) is 1. The third kappa shape index (κ3) is 1.82. The average molecular weight is 239 g/mol. The Labute approximate surface area is 107 Å². The van der Waals surface area contributed by atoms with Crippen LogP contribution in [0.4, 0.5) is 0 Å². The van der Waals surface area contributed by atoms with Gasteiger partial charge in [-0.05, 0) is 30.0 Å². The maximum atomic E-state index is 5.79. The van der Waals surface area contributed by atoms with Gasteiger partial charge in [0.1, 0.15) is 0 Å². The molecular weight excluding hydrogens is 222 g/mol. The highest BCUT2D eigenvalue weighted by atomic mass is 15.2. The second-order valence-electron chi connectivity index (χ2n) is 4.91. The largest absolute Gasteiger partial charge is 0.271 e. The van der Waals surface area contributed by atoms with Crippen molar-refractivity contribution in [1.29, 1.82) is 0 Å². The van der Waals surface area contributed by atoms with Crippen LogP contribution in [0.15, 0.2) is 54.9 Å². The topological polar surface area (TPSA) is 50.9 Å². The zero-order valence-electron chi connectivity index (χ0n) is 10.2. The number of hydrogen-bond donors (Lipinski definition) is 2. The summed E-state index contributed by atoms with van der Waals surface area (Å²) in [7, 11) is 0. The monoisotopic (exact) mass is 239 g/mol. The first-order chi connectivity index (χ1) is 8.87. The van der Waals surface area contributed by atoms with Crippen molar-refractivity contribution in [1.82, 2.24) is 10.4 Å². The van der Waals surface area contributed by atoms with Gasteiger partial charge in [-0.25, -0.2) is 0 Å². The minimum absolute atomic E-state index is 0.133. The molecule has 0 saturated heterocycles. The van der Waals surface area contributed by atoms with Crippen LogP contribution < -0.4 is 11.3 Å². The normalized spacial score (nSPS) is 18.3. The molecule has 0 radical (unpaired) electrons. The van der Waals surface area contributed by atoms with Gasteiger partial charge >= 0.3 is 0 Å². The summed E-state index contributed by atoms with van der Waals surface area (Å²) in [5.74, 6) is 5.79. The predicted octanol–water partition coefficient (Wildman–Crippen LogP) is 2.32. The molecule has 0 spiro atoms. The SMILES string of the molecule is NNC(c1cccnc1)C1(c2ccccc2)CC1. The number of hydrogen-bond acceptors (Lipinski definition) is 3. The standard InChI is InChI=1S/C15H17N3/c16-18-14(12-5-4-10-17-11-12)15(8-9-15)13-6-2-1-3-7-13/h1-7,10-11,14,18H,8-9,16H2. The smallest absolute Gasteiger partial charge is 0.0571 e. The van der Waals surface area contributed by atoms with E-state index in [1.54, 1.807) is 6.20 Å². The Kier molecular flexibility index (Phi) is 2.86.